The summed E-state index contributed by atoms with van der Waals surface area (Å²) < 4.78 is 21.0. The molecular formula is C101H97N15O12S6. The van der Waals surface area contributed by atoms with Crippen molar-refractivity contribution in [2.24, 2.45) is 0 Å². The van der Waals surface area contributed by atoms with Crippen LogP contribution in [-0.4, -0.2) is 144 Å². The Morgan fingerprint density at radius 1 is 0.388 bits per heavy atom. The number of carbonyl (C=O) groups excluding carboxylic acids is 3. The predicted octanol–water partition coefficient (Wildman–Crippen LogP) is 21.9. The second-order valence-electron chi connectivity index (χ2n) is 31.3. The fourth-order valence-corrected chi connectivity index (χ4v) is 22.0. The topological polar surface area (TPSA) is 343 Å². The summed E-state index contributed by atoms with van der Waals surface area (Å²) in [5.41, 5.74) is 13.4. The van der Waals surface area contributed by atoms with Crippen LogP contribution in [0.1, 0.15) is 152 Å². The van der Waals surface area contributed by atoms with Crippen molar-refractivity contribution in [3.05, 3.63) is 307 Å². The monoisotopic (exact) mass is 1900 g/mol. The molecule has 11 heterocycles. The first-order valence-corrected chi connectivity index (χ1v) is 47.4. The van der Waals surface area contributed by atoms with E-state index in [1.54, 1.807) is 12.4 Å². The number of nitrogens with one attached hydrogen (secondary N) is 3. The van der Waals surface area contributed by atoms with Crippen molar-refractivity contribution in [3.8, 4) is 17.2 Å². The van der Waals surface area contributed by atoms with E-state index < -0.39 is 17.9 Å². The highest BCUT2D eigenvalue weighted by Gasteiger charge is 2.32. The van der Waals surface area contributed by atoms with Crippen LogP contribution in [0.4, 0.5) is 36.5 Å². The minimum absolute atomic E-state index is 0. The van der Waals surface area contributed by atoms with Gasteiger partial charge in [0.15, 0.2) is 47.9 Å². The molecule has 9 aromatic carbocycles. The number of carboxylic acid groups (broad SMARTS) is 3. The van der Waals surface area contributed by atoms with E-state index in [1.807, 2.05) is 231 Å². The van der Waals surface area contributed by atoms with Crippen molar-refractivity contribution in [1.82, 2.24) is 39.9 Å². The number of para-hydroxylation sites is 4. The Labute approximate surface area is 797 Å². The summed E-state index contributed by atoms with van der Waals surface area (Å²) in [7, 11) is 3.96. The number of anilines is 7. The summed E-state index contributed by atoms with van der Waals surface area (Å²) in [6.45, 7) is 4.76. The number of carbonyl (C=O) groups is 6. The number of rotatable bonds is 28. The SMILES string of the molecule is C.C.C.CN(C)c1cccc(OCCCc2sc(N3CCc4cccc(C(=O)Nc5nc6ccccc6s5)c4C3)nc2C(=O)O)c1.O=C(Nc1nc2ccccc2s1)c1cccc2c1CN(c1nc(C(=O)O)c(CCCOc3cccc4cccnc34)s1)CC2.O=C(Nc1nc2ccccc2s1)c1cccc2c1CN(c1nc(C(=O)O)c(CCCOc3cccc4ncccc34)s1)CC2. The molecule has 3 aliphatic rings. The van der Waals surface area contributed by atoms with Crippen LogP contribution in [0.25, 0.3) is 52.5 Å². The molecule has 17 aromatic rings. The Bertz CT molecular complexity index is 6770. The molecule has 3 amide bonds. The molecule has 27 nitrogen and oxygen atoms in total. The van der Waals surface area contributed by atoms with E-state index >= 15 is 0 Å². The zero-order valence-corrected chi connectivity index (χ0v) is 75.8. The van der Waals surface area contributed by atoms with E-state index in [0.29, 0.717) is 161 Å². The lowest BCUT2D eigenvalue weighted by molar-refractivity contribution is 0.0679. The first-order chi connectivity index (χ1) is 63.9. The van der Waals surface area contributed by atoms with Gasteiger partial charge < -0.3 is 49.1 Å². The molecule has 0 radical (unpaired) electrons. The Morgan fingerprint density at radius 3 is 1.19 bits per heavy atom. The number of aromatic carboxylic acids is 3. The number of ether oxygens (including phenoxy) is 3. The number of aromatic nitrogens is 8. The van der Waals surface area contributed by atoms with Crippen LogP contribution in [0.5, 0.6) is 17.2 Å². The average Bonchev–Trinajstić information content (AvgIpc) is 1.61. The number of carboxylic acids is 3. The van der Waals surface area contributed by atoms with Gasteiger partial charge in [-0.1, -0.05) is 159 Å². The normalized spacial score (nSPS) is 12.4. The number of hydrogen-bond donors (Lipinski definition) is 6. The Hall–Kier alpha value is -14.2. The molecule has 684 valence electrons. The van der Waals surface area contributed by atoms with Crippen molar-refractivity contribution >= 4 is 193 Å². The minimum Gasteiger partial charge on any atom is -0.494 e. The number of aryl methyl sites for hydroxylation is 3. The quantitative estimate of drug-likeness (QED) is 0.0248. The van der Waals surface area contributed by atoms with E-state index in [0.717, 1.165) is 127 Å². The summed E-state index contributed by atoms with van der Waals surface area (Å²) in [5.74, 6) is -1.51. The highest BCUT2D eigenvalue weighted by Crippen LogP contribution is 2.40. The van der Waals surface area contributed by atoms with Crippen LogP contribution < -0.4 is 49.8 Å². The second-order valence-corrected chi connectivity index (χ2v) is 37.6. The minimum atomic E-state index is -1.05. The van der Waals surface area contributed by atoms with E-state index in [2.05, 4.69) is 70.5 Å². The summed E-state index contributed by atoms with van der Waals surface area (Å²) in [4.78, 5) is 123. The second kappa shape index (κ2) is 43.0. The van der Waals surface area contributed by atoms with Crippen LogP contribution in [0, 0.1) is 0 Å². The highest BCUT2D eigenvalue weighted by molar-refractivity contribution is 7.23. The van der Waals surface area contributed by atoms with E-state index in [9.17, 15) is 44.1 Å². The molecule has 0 aliphatic carbocycles. The van der Waals surface area contributed by atoms with Crippen LogP contribution in [0.3, 0.4) is 0 Å². The third kappa shape index (κ3) is 21.6. The van der Waals surface area contributed by atoms with Crippen LogP contribution in [0.15, 0.2) is 225 Å². The van der Waals surface area contributed by atoms with Gasteiger partial charge in [-0.05, 0) is 194 Å². The van der Waals surface area contributed by atoms with Crippen molar-refractivity contribution in [2.75, 3.05) is 89.1 Å². The third-order valence-corrected chi connectivity index (χ3v) is 28.9. The summed E-state index contributed by atoms with van der Waals surface area (Å²) >= 11 is 8.52. The molecule has 20 rings (SSSR count). The number of amides is 3. The van der Waals surface area contributed by atoms with Crippen molar-refractivity contribution < 1.29 is 58.3 Å². The van der Waals surface area contributed by atoms with Crippen LogP contribution in [0.2, 0.25) is 0 Å². The molecule has 3 aliphatic heterocycles. The molecule has 0 fully saturated rings. The summed E-state index contributed by atoms with van der Waals surface area (Å²) in [5, 5.41) is 44.2. The smallest absolute Gasteiger partial charge is 0.355 e. The van der Waals surface area contributed by atoms with Gasteiger partial charge in [-0.15, -0.1) is 34.0 Å². The molecule has 0 spiro atoms. The molecule has 33 heteroatoms. The van der Waals surface area contributed by atoms with Crippen LogP contribution in [-0.2, 0) is 58.2 Å². The first kappa shape index (κ1) is 94.4. The summed E-state index contributed by atoms with van der Waals surface area (Å²) in [6, 6.07) is 67.9. The Kier molecular flexibility index (Phi) is 30.3. The maximum absolute atomic E-state index is 13.4. The molecule has 0 atom stereocenters. The van der Waals surface area contributed by atoms with Gasteiger partial charge in [0.2, 0.25) is 0 Å². The maximum Gasteiger partial charge on any atom is 0.355 e. The zero-order chi connectivity index (χ0) is 90.0. The van der Waals surface area contributed by atoms with Gasteiger partial charge >= 0.3 is 17.9 Å². The van der Waals surface area contributed by atoms with Crippen molar-refractivity contribution in [2.45, 2.75) is 99.7 Å². The highest BCUT2D eigenvalue weighted by atomic mass is 32.1. The van der Waals surface area contributed by atoms with Gasteiger partial charge in [-0.25, -0.2) is 44.3 Å². The molecule has 8 aromatic heterocycles. The van der Waals surface area contributed by atoms with Gasteiger partial charge in [-0.2, -0.15) is 0 Å². The van der Waals surface area contributed by atoms with Gasteiger partial charge in [0.05, 0.1) is 56.0 Å². The Balaban J connectivity index is 0.000000152. The number of hydrogen-bond acceptors (Lipinski definition) is 27. The zero-order valence-electron chi connectivity index (χ0n) is 70.9. The molecule has 6 N–H and O–H groups in total. The first-order valence-electron chi connectivity index (χ1n) is 42.5. The molecular weight excluding hydrogens is 1810 g/mol. The van der Waals surface area contributed by atoms with Crippen molar-refractivity contribution in [1.29, 1.82) is 0 Å². The van der Waals surface area contributed by atoms with E-state index in [1.165, 1.54) is 68.0 Å². The van der Waals surface area contributed by atoms with E-state index in [4.69, 9.17) is 14.2 Å². The summed E-state index contributed by atoms with van der Waals surface area (Å²) in [6.07, 6.45) is 9.20. The molecule has 134 heavy (non-hydrogen) atoms. The van der Waals surface area contributed by atoms with Gasteiger partial charge in [0.25, 0.3) is 17.7 Å². The molecule has 0 saturated carbocycles. The number of thiazole rings is 6. The number of pyridine rings is 2. The molecule has 0 bridgehead atoms. The molecule has 0 saturated heterocycles. The Morgan fingerprint density at radius 2 is 0.761 bits per heavy atom. The van der Waals surface area contributed by atoms with E-state index in [-0.39, 0.29) is 57.1 Å². The van der Waals surface area contributed by atoms with Gasteiger partial charge in [0.1, 0.15) is 22.8 Å². The lowest BCUT2D eigenvalue weighted by Gasteiger charge is -2.29. The predicted molar refractivity (Wildman–Crippen MR) is 539 cm³/mol. The fraction of sp³-hybridized carbons (Fsp3) is 0.228. The van der Waals surface area contributed by atoms with Gasteiger partial charge in [0, 0.05) is 120 Å². The van der Waals surface area contributed by atoms with Crippen LogP contribution >= 0.6 is 68.0 Å². The van der Waals surface area contributed by atoms with Gasteiger partial charge in [-0.3, -0.25) is 40.3 Å². The van der Waals surface area contributed by atoms with Crippen molar-refractivity contribution in [3.63, 3.8) is 0 Å². The number of fused-ring (bicyclic) bond motifs is 8. The average molecular weight is 1910 g/mol. The standard InChI is InChI=1S/2C33H27N5O4S2.C32H31N5O4S2.3CH4/c39-30(37-32-35-24-11-1-2-13-26(24)43-32)22-10-3-7-20-15-17-38(19-23(20)22)33-36-29(31(40)41)27(44-33)14-6-18-42-25-12-4-8-21-9-5-16-34-28(21)25;39-30(37-32-35-25-10-1-2-13-27(25)43-32)21-8-3-7-20-15-17-38(19-23(20)21)33-36-29(31(40)41)28(44-33)14-6-18-42-26-12-4-11-24-22(26)9-5-16-34-24;1-36(2)21-9-6-10-22(18-21)41-17-7-14-27-28(30(39)40)34-32(43-27)37-16-15-20-8-5-11-23(24(20)19-37)29(38)35-31-33-25-12-3-4-13-26(25)42-31;;;/h2*1-5,7-13,16H,6,14-15,17-19H2,(H,40,41)(H,35,37,39);3-6,8-13,18H,7,14-17,19H2,1-2H3,(H,39,40)(H,33,35,38);3*1H4. The maximum atomic E-state index is 13.4. The molecule has 0 unspecified atom stereocenters. The number of benzene rings is 9. The lowest BCUT2D eigenvalue weighted by Crippen LogP contribution is -2.32. The number of nitrogens with zero attached hydrogens (tertiary/aromatic N) is 12. The fourth-order valence-electron chi connectivity index (χ4n) is 16.1. The largest absolute Gasteiger partial charge is 0.494 e. The lowest BCUT2D eigenvalue weighted by atomic mass is 9.94. The third-order valence-electron chi connectivity index (χ3n) is 22.5.